The van der Waals surface area contributed by atoms with Crippen LogP contribution in [0.25, 0.3) is 10.2 Å². The largest absolute Gasteiger partial charge is 0.496 e. The third-order valence-corrected chi connectivity index (χ3v) is 5.04. The van der Waals surface area contributed by atoms with Gasteiger partial charge in [0.05, 0.1) is 18.5 Å². The molecule has 0 amide bonds. The molecule has 1 aromatic carbocycles. The number of para-hydroxylation sites is 1. The second-order valence-corrected chi connectivity index (χ2v) is 6.50. The molecule has 0 spiro atoms. The van der Waals surface area contributed by atoms with Crippen molar-refractivity contribution >= 4 is 27.4 Å². The normalized spacial score (nSPS) is 12.4. The zero-order valence-corrected chi connectivity index (χ0v) is 14.0. The molecule has 0 unspecified atom stereocenters. The van der Waals surface area contributed by atoms with E-state index in [4.69, 9.17) is 4.74 Å². The molecule has 0 radical (unpaired) electrons. The summed E-state index contributed by atoms with van der Waals surface area (Å²) in [7, 11) is 1.70. The number of methoxy groups -OCH3 is 1. The zero-order valence-electron chi connectivity index (χ0n) is 13.2. The van der Waals surface area contributed by atoms with E-state index in [1.807, 2.05) is 18.2 Å². The van der Waals surface area contributed by atoms with Gasteiger partial charge >= 0.3 is 0 Å². The Morgan fingerprint density at radius 3 is 2.73 bits per heavy atom. The van der Waals surface area contributed by atoms with E-state index in [0.717, 1.165) is 27.3 Å². The fourth-order valence-corrected chi connectivity index (χ4v) is 3.60. The lowest BCUT2D eigenvalue weighted by Gasteiger charge is -2.18. The lowest BCUT2D eigenvalue weighted by atomic mass is 10.1. The molecule has 0 saturated carbocycles. The van der Waals surface area contributed by atoms with Crippen LogP contribution in [-0.2, 0) is 0 Å². The number of anilines is 1. The molecule has 0 aliphatic rings. The van der Waals surface area contributed by atoms with Gasteiger partial charge in [0.25, 0.3) is 0 Å². The molecule has 0 fully saturated rings. The fraction of sp³-hybridized carbons (Fsp3) is 0.294. The van der Waals surface area contributed by atoms with Crippen LogP contribution in [0.15, 0.2) is 30.6 Å². The van der Waals surface area contributed by atoms with Crippen LogP contribution in [0, 0.1) is 13.8 Å². The van der Waals surface area contributed by atoms with Gasteiger partial charge < -0.3 is 10.1 Å². The van der Waals surface area contributed by atoms with E-state index in [1.54, 1.807) is 24.8 Å². The van der Waals surface area contributed by atoms with Gasteiger partial charge in [0.1, 0.15) is 22.7 Å². The summed E-state index contributed by atoms with van der Waals surface area (Å²) in [5, 5.41) is 4.62. The number of hydrogen-bond acceptors (Lipinski definition) is 5. The summed E-state index contributed by atoms with van der Waals surface area (Å²) in [6, 6.07) is 8.13. The number of nitrogens with zero attached hydrogens (tertiary/aromatic N) is 2. The number of hydrogen-bond donors (Lipinski definition) is 1. The molecule has 4 nitrogen and oxygen atoms in total. The highest BCUT2D eigenvalue weighted by Crippen LogP contribution is 2.35. The Bertz CT molecular complexity index is 813. The molecule has 2 aromatic heterocycles. The molecule has 114 valence electrons. The fourth-order valence-electron chi connectivity index (χ4n) is 2.60. The van der Waals surface area contributed by atoms with Crippen molar-refractivity contribution in [3.63, 3.8) is 0 Å². The average molecular weight is 313 g/mol. The smallest absolute Gasteiger partial charge is 0.138 e. The summed E-state index contributed by atoms with van der Waals surface area (Å²) in [5.74, 6) is 1.76. The van der Waals surface area contributed by atoms with Gasteiger partial charge in [-0.25, -0.2) is 9.97 Å². The quantitative estimate of drug-likeness (QED) is 0.771. The minimum atomic E-state index is 0.0915. The number of thiophene rings is 1. The second kappa shape index (κ2) is 5.93. The number of aromatic nitrogens is 2. The lowest BCUT2D eigenvalue weighted by Crippen LogP contribution is -2.09. The predicted molar refractivity (Wildman–Crippen MR) is 91.9 cm³/mol. The first-order chi connectivity index (χ1) is 10.6. The maximum Gasteiger partial charge on any atom is 0.138 e. The maximum absolute atomic E-state index is 5.45. The third kappa shape index (κ3) is 2.52. The summed E-state index contributed by atoms with van der Waals surface area (Å²) < 4.78 is 5.45. The van der Waals surface area contributed by atoms with Gasteiger partial charge in [-0.1, -0.05) is 18.2 Å². The molecule has 1 N–H and O–H groups in total. The predicted octanol–water partition coefficient (Wildman–Crippen LogP) is 4.49. The molecular formula is C17H19N3OS. The highest BCUT2D eigenvalue weighted by Gasteiger charge is 2.16. The molecule has 0 saturated heterocycles. The van der Waals surface area contributed by atoms with Gasteiger partial charge in [0.2, 0.25) is 0 Å². The Labute approximate surface area is 134 Å². The number of rotatable bonds is 4. The monoisotopic (exact) mass is 313 g/mol. The van der Waals surface area contributed by atoms with Crippen molar-refractivity contribution in [2.75, 3.05) is 12.4 Å². The Balaban J connectivity index is 1.99. The van der Waals surface area contributed by atoms with Crippen molar-refractivity contribution in [3.8, 4) is 5.75 Å². The Morgan fingerprint density at radius 1 is 1.18 bits per heavy atom. The van der Waals surface area contributed by atoms with E-state index >= 15 is 0 Å². The Kier molecular flexibility index (Phi) is 3.98. The van der Waals surface area contributed by atoms with Crippen LogP contribution in [0.2, 0.25) is 0 Å². The molecule has 0 bridgehead atoms. The molecule has 3 aromatic rings. The molecule has 2 heterocycles. The average Bonchev–Trinajstić information content (AvgIpc) is 2.83. The first-order valence-electron chi connectivity index (χ1n) is 7.22. The molecule has 22 heavy (non-hydrogen) atoms. The van der Waals surface area contributed by atoms with Crippen LogP contribution in [0.4, 0.5) is 5.82 Å². The van der Waals surface area contributed by atoms with E-state index in [0.29, 0.717) is 0 Å². The summed E-state index contributed by atoms with van der Waals surface area (Å²) >= 11 is 1.71. The third-order valence-electron chi connectivity index (χ3n) is 3.92. The molecule has 5 heteroatoms. The number of ether oxygens (including phenoxy) is 1. The Hall–Kier alpha value is -2.14. The van der Waals surface area contributed by atoms with Gasteiger partial charge in [-0.2, -0.15) is 0 Å². The topological polar surface area (TPSA) is 47.0 Å². The van der Waals surface area contributed by atoms with Crippen LogP contribution >= 0.6 is 11.3 Å². The van der Waals surface area contributed by atoms with Crippen molar-refractivity contribution in [1.29, 1.82) is 0 Å². The summed E-state index contributed by atoms with van der Waals surface area (Å²) in [5.41, 5.74) is 2.36. The van der Waals surface area contributed by atoms with E-state index in [9.17, 15) is 0 Å². The van der Waals surface area contributed by atoms with Gasteiger partial charge in [0.15, 0.2) is 0 Å². The van der Waals surface area contributed by atoms with Crippen molar-refractivity contribution in [3.05, 3.63) is 46.6 Å². The number of fused-ring (bicyclic) bond motifs is 1. The van der Waals surface area contributed by atoms with Crippen molar-refractivity contribution in [1.82, 2.24) is 9.97 Å². The first kappa shape index (κ1) is 14.8. The number of aryl methyl sites for hydroxylation is 2. The summed E-state index contributed by atoms with van der Waals surface area (Å²) in [6.45, 7) is 6.35. The Morgan fingerprint density at radius 2 is 1.95 bits per heavy atom. The van der Waals surface area contributed by atoms with Crippen LogP contribution in [0.5, 0.6) is 5.75 Å². The van der Waals surface area contributed by atoms with Crippen molar-refractivity contribution in [2.24, 2.45) is 0 Å². The van der Waals surface area contributed by atoms with Gasteiger partial charge in [-0.3, -0.25) is 0 Å². The number of nitrogens with one attached hydrogen (secondary N) is 1. The van der Waals surface area contributed by atoms with E-state index in [2.05, 4.69) is 42.1 Å². The maximum atomic E-state index is 5.45. The molecular weight excluding hydrogens is 294 g/mol. The van der Waals surface area contributed by atoms with E-state index < -0.39 is 0 Å². The molecule has 0 aliphatic heterocycles. The van der Waals surface area contributed by atoms with Crippen LogP contribution in [0.1, 0.15) is 29.0 Å². The van der Waals surface area contributed by atoms with E-state index in [1.165, 1.54) is 10.4 Å². The second-order valence-electron chi connectivity index (χ2n) is 5.29. The number of benzene rings is 1. The van der Waals surface area contributed by atoms with Gasteiger partial charge in [-0.05, 0) is 32.4 Å². The van der Waals surface area contributed by atoms with Crippen LogP contribution in [-0.4, -0.2) is 17.1 Å². The van der Waals surface area contributed by atoms with E-state index in [-0.39, 0.29) is 6.04 Å². The summed E-state index contributed by atoms with van der Waals surface area (Å²) in [4.78, 5) is 11.1. The van der Waals surface area contributed by atoms with Crippen LogP contribution < -0.4 is 10.1 Å². The zero-order chi connectivity index (χ0) is 15.7. The van der Waals surface area contributed by atoms with Crippen molar-refractivity contribution < 1.29 is 4.74 Å². The first-order valence-corrected chi connectivity index (χ1v) is 8.03. The SMILES string of the molecule is COc1ccccc1[C@H](C)Nc1ncnc2sc(C)c(C)c12. The highest BCUT2D eigenvalue weighted by molar-refractivity contribution is 7.18. The summed E-state index contributed by atoms with van der Waals surface area (Å²) in [6.07, 6.45) is 1.62. The lowest BCUT2D eigenvalue weighted by molar-refractivity contribution is 0.408. The molecule has 3 rings (SSSR count). The highest BCUT2D eigenvalue weighted by atomic mass is 32.1. The van der Waals surface area contributed by atoms with Crippen molar-refractivity contribution in [2.45, 2.75) is 26.8 Å². The van der Waals surface area contributed by atoms with Gasteiger partial charge in [-0.15, -0.1) is 11.3 Å². The molecule has 1 atom stereocenters. The standard InChI is InChI=1S/C17H19N3OS/c1-10-12(3)22-17-15(10)16(18-9-19-17)20-11(2)13-7-5-6-8-14(13)21-4/h5-9,11H,1-4H3,(H,18,19,20)/t11-/m0/s1. The minimum Gasteiger partial charge on any atom is -0.496 e. The van der Waals surface area contributed by atoms with Crippen LogP contribution in [0.3, 0.4) is 0 Å². The molecule has 0 aliphatic carbocycles. The minimum absolute atomic E-state index is 0.0915. The van der Waals surface area contributed by atoms with Gasteiger partial charge in [0, 0.05) is 10.4 Å².